The van der Waals surface area contributed by atoms with Crippen molar-refractivity contribution in [3.8, 4) is 0 Å². The van der Waals surface area contributed by atoms with Crippen molar-refractivity contribution in [3.05, 3.63) is 86.4 Å². The van der Waals surface area contributed by atoms with Crippen LogP contribution in [0.25, 0.3) is 0 Å². The molecule has 0 fully saturated rings. The molecule has 1 aromatic heterocycles. The fourth-order valence-corrected chi connectivity index (χ4v) is 4.92. The molecule has 1 aliphatic heterocycles. The van der Waals surface area contributed by atoms with E-state index in [0.717, 1.165) is 12.1 Å². The minimum Gasteiger partial charge on any atom is -0.308 e. The molecular weight excluding hydrogens is 607 g/mol. The van der Waals surface area contributed by atoms with Gasteiger partial charge in [0.15, 0.2) is 0 Å². The maximum atomic E-state index is 13.5. The molecule has 3 aromatic rings. The third kappa shape index (κ3) is 6.16. The molecule has 2 heterocycles. The second kappa shape index (κ2) is 10.3. The van der Waals surface area contributed by atoms with Gasteiger partial charge in [-0.25, -0.2) is 15.8 Å². The normalized spacial score (nSPS) is 18.3. The first-order chi connectivity index (χ1) is 18.0. The van der Waals surface area contributed by atoms with Gasteiger partial charge in [0.2, 0.25) is 0 Å². The van der Waals surface area contributed by atoms with E-state index in [9.17, 15) is 39.5 Å². The Morgan fingerprint density at radius 2 is 1.49 bits per heavy atom. The van der Waals surface area contributed by atoms with Crippen molar-refractivity contribution in [2.24, 2.45) is 5.84 Å². The van der Waals surface area contributed by atoms with E-state index >= 15 is 0 Å². The molecule has 0 bridgehead atoms. The second-order valence-corrected chi connectivity index (χ2v) is 10.00. The Kier molecular flexibility index (Phi) is 7.67. The van der Waals surface area contributed by atoms with Gasteiger partial charge in [-0.1, -0.05) is 6.92 Å². The fourth-order valence-electron chi connectivity index (χ4n) is 4.59. The van der Waals surface area contributed by atoms with Crippen LogP contribution in [0.1, 0.15) is 65.0 Å². The Hall–Kier alpha value is -2.87. The highest BCUT2D eigenvalue weighted by Crippen LogP contribution is 2.44. The monoisotopic (exact) mass is 626 g/mol. The van der Waals surface area contributed by atoms with Crippen LogP contribution in [0.4, 0.5) is 45.2 Å². The van der Waals surface area contributed by atoms with E-state index in [1.54, 1.807) is 0 Å². The summed E-state index contributed by atoms with van der Waals surface area (Å²) < 4.78 is 121. The summed E-state index contributed by atoms with van der Waals surface area (Å²) in [7, 11) is 0. The average molecular weight is 627 g/mol. The molecule has 39 heavy (non-hydrogen) atoms. The number of halogens is 10. The molecule has 2 N–H and O–H groups in total. The molecule has 1 aliphatic rings. The lowest BCUT2D eigenvalue weighted by molar-refractivity contribution is -0.143. The molecule has 0 radical (unpaired) electrons. The van der Waals surface area contributed by atoms with E-state index in [0.29, 0.717) is 24.2 Å². The number of nitrogens with two attached hydrogens (primary N) is 1. The van der Waals surface area contributed by atoms with Crippen molar-refractivity contribution in [1.82, 2.24) is 9.97 Å². The number of aromatic nitrogens is 2. The standard InChI is InChI=1S/C25H20BrF9N4/c1-2-16-10-18(17-9-13(23(27,28)29)3-4-21(17)39(16)36)22-37-11-19(26)20(38-22)7-12-5-14(24(30,31)32)8-15(6-12)25(33,34)35/h3-6,8-9,11,16,18H,2,7,10,36H2,1H3/t16-,18+/m1/s1. The van der Waals surface area contributed by atoms with Gasteiger partial charge < -0.3 is 5.01 Å². The summed E-state index contributed by atoms with van der Waals surface area (Å²) >= 11 is 3.19. The summed E-state index contributed by atoms with van der Waals surface area (Å²) in [6.45, 7) is 1.84. The number of hydrogen-bond acceptors (Lipinski definition) is 4. The Bertz CT molecular complexity index is 1340. The highest BCUT2D eigenvalue weighted by atomic mass is 79.9. The minimum atomic E-state index is -5.02. The summed E-state index contributed by atoms with van der Waals surface area (Å²) in [6, 6.07) is 4.08. The zero-order chi connectivity index (χ0) is 28.9. The molecule has 0 spiro atoms. The summed E-state index contributed by atoms with van der Waals surface area (Å²) in [5.41, 5.74) is -3.51. The summed E-state index contributed by atoms with van der Waals surface area (Å²) in [5.74, 6) is 5.49. The smallest absolute Gasteiger partial charge is 0.308 e. The van der Waals surface area contributed by atoms with Crippen LogP contribution >= 0.6 is 15.9 Å². The molecule has 0 amide bonds. The van der Waals surface area contributed by atoms with Crippen LogP contribution in [0.15, 0.2) is 47.1 Å². The van der Waals surface area contributed by atoms with Crippen LogP contribution in [-0.2, 0) is 24.9 Å². The quantitative estimate of drug-likeness (QED) is 0.236. The first kappa shape index (κ1) is 29.1. The zero-order valence-electron chi connectivity index (χ0n) is 20.0. The highest BCUT2D eigenvalue weighted by molar-refractivity contribution is 9.10. The van der Waals surface area contributed by atoms with E-state index in [2.05, 4.69) is 25.9 Å². The van der Waals surface area contributed by atoms with E-state index in [1.807, 2.05) is 6.92 Å². The van der Waals surface area contributed by atoms with Gasteiger partial charge in [0.05, 0.1) is 32.5 Å². The lowest BCUT2D eigenvalue weighted by Gasteiger charge is -2.39. The van der Waals surface area contributed by atoms with Crippen molar-refractivity contribution in [2.75, 3.05) is 5.01 Å². The third-order valence-electron chi connectivity index (χ3n) is 6.55. The molecule has 0 unspecified atom stereocenters. The van der Waals surface area contributed by atoms with Gasteiger partial charge in [0, 0.05) is 24.6 Å². The van der Waals surface area contributed by atoms with Crippen molar-refractivity contribution < 1.29 is 39.5 Å². The van der Waals surface area contributed by atoms with E-state index in [-0.39, 0.29) is 45.6 Å². The summed E-state index contributed by atoms with van der Waals surface area (Å²) in [6.07, 6.45) is -13.0. The number of fused-ring (bicyclic) bond motifs is 1. The van der Waals surface area contributed by atoms with Gasteiger partial charge in [0.25, 0.3) is 0 Å². The number of hydrogen-bond donors (Lipinski definition) is 1. The van der Waals surface area contributed by atoms with Gasteiger partial charge in [-0.05, 0) is 76.3 Å². The Balaban J connectivity index is 1.79. The van der Waals surface area contributed by atoms with Gasteiger partial charge in [-0.2, -0.15) is 39.5 Å². The fraction of sp³-hybridized carbons (Fsp3) is 0.360. The maximum absolute atomic E-state index is 13.5. The molecule has 0 saturated heterocycles. The average Bonchev–Trinajstić information content (AvgIpc) is 2.84. The van der Waals surface area contributed by atoms with Gasteiger partial charge >= 0.3 is 18.5 Å². The van der Waals surface area contributed by atoms with Crippen LogP contribution in [0.3, 0.4) is 0 Å². The molecular formula is C25H20BrF9N4. The van der Waals surface area contributed by atoms with Crippen molar-refractivity contribution in [1.29, 1.82) is 0 Å². The highest BCUT2D eigenvalue weighted by Gasteiger charge is 2.39. The van der Waals surface area contributed by atoms with Crippen molar-refractivity contribution in [3.63, 3.8) is 0 Å². The predicted octanol–water partition coefficient (Wildman–Crippen LogP) is 7.88. The molecule has 2 aromatic carbocycles. The lowest BCUT2D eigenvalue weighted by Crippen LogP contribution is -2.45. The topological polar surface area (TPSA) is 55.0 Å². The van der Waals surface area contributed by atoms with Crippen LogP contribution in [0.5, 0.6) is 0 Å². The molecule has 0 aliphatic carbocycles. The molecule has 210 valence electrons. The zero-order valence-corrected chi connectivity index (χ0v) is 21.6. The third-order valence-corrected chi connectivity index (χ3v) is 7.21. The number of hydrazine groups is 1. The minimum absolute atomic E-state index is 0.0323. The first-order valence-corrected chi connectivity index (χ1v) is 12.3. The Morgan fingerprint density at radius 3 is 2.03 bits per heavy atom. The largest absolute Gasteiger partial charge is 0.416 e. The molecule has 0 saturated carbocycles. The number of rotatable bonds is 4. The number of alkyl halides is 9. The maximum Gasteiger partial charge on any atom is 0.416 e. The number of anilines is 1. The van der Waals surface area contributed by atoms with E-state index in [1.165, 1.54) is 17.3 Å². The molecule has 4 rings (SSSR count). The van der Waals surface area contributed by atoms with Crippen LogP contribution in [0.2, 0.25) is 0 Å². The van der Waals surface area contributed by atoms with Gasteiger partial charge in [-0.3, -0.25) is 0 Å². The Morgan fingerprint density at radius 1 is 0.897 bits per heavy atom. The van der Waals surface area contributed by atoms with Crippen LogP contribution < -0.4 is 10.9 Å². The molecule has 14 heteroatoms. The molecule has 4 nitrogen and oxygen atoms in total. The summed E-state index contributed by atoms with van der Waals surface area (Å²) in [4.78, 5) is 8.64. The lowest BCUT2D eigenvalue weighted by atomic mass is 9.84. The van der Waals surface area contributed by atoms with Crippen LogP contribution in [-0.4, -0.2) is 16.0 Å². The summed E-state index contributed by atoms with van der Waals surface area (Å²) in [5, 5.41) is 1.38. The number of nitrogens with zero attached hydrogens (tertiary/aromatic N) is 3. The van der Waals surface area contributed by atoms with Crippen molar-refractivity contribution in [2.45, 2.75) is 56.7 Å². The van der Waals surface area contributed by atoms with E-state index < -0.39 is 47.6 Å². The van der Waals surface area contributed by atoms with E-state index in [4.69, 9.17) is 5.84 Å². The van der Waals surface area contributed by atoms with Crippen molar-refractivity contribution >= 4 is 21.6 Å². The SMILES string of the molecule is CC[C@@H]1C[C@H](c2ncc(Br)c(Cc3cc(C(F)(F)F)cc(C(F)(F)F)c3)n2)c2cc(C(F)(F)F)ccc2N1N. The van der Waals surface area contributed by atoms with Gasteiger partial charge in [-0.15, -0.1) is 0 Å². The van der Waals surface area contributed by atoms with Gasteiger partial charge in [0.1, 0.15) is 5.82 Å². The second-order valence-electron chi connectivity index (χ2n) is 9.14. The first-order valence-electron chi connectivity index (χ1n) is 11.5. The number of benzene rings is 2. The molecule has 2 atom stereocenters. The predicted molar refractivity (Wildman–Crippen MR) is 128 cm³/mol. The Labute approximate surface area is 225 Å². The van der Waals surface area contributed by atoms with Crippen LogP contribution in [0, 0.1) is 0 Å².